The summed E-state index contributed by atoms with van der Waals surface area (Å²) in [4.78, 5) is 13.2. The maximum atomic E-state index is 13.1. The normalized spacial score (nSPS) is 16.8. The minimum absolute atomic E-state index is 0.117. The predicted molar refractivity (Wildman–Crippen MR) is 115 cm³/mol. The van der Waals surface area contributed by atoms with Gasteiger partial charge >= 0.3 is 0 Å². The van der Waals surface area contributed by atoms with E-state index in [1.165, 1.54) is 6.07 Å². The zero-order chi connectivity index (χ0) is 20.9. The van der Waals surface area contributed by atoms with E-state index in [0.717, 1.165) is 43.2 Å². The summed E-state index contributed by atoms with van der Waals surface area (Å²) < 4.78 is 27.8. The quantitative estimate of drug-likeness (QED) is 0.760. The molecule has 1 fully saturated rings. The monoisotopic (exact) mass is 414 g/mol. The van der Waals surface area contributed by atoms with Gasteiger partial charge in [-0.3, -0.25) is 4.79 Å². The number of carbonyl (C=O) groups excluding carboxylic acids is 1. The van der Waals surface area contributed by atoms with Crippen LogP contribution in [-0.4, -0.2) is 31.7 Å². The van der Waals surface area contributed by atoms with Gasteiger partial charge in [-0.05, 0) is 49.4 Å². The highest BCUT2D eigenvalue weighted by atomic mass is 32.2. The topological polar surface area (TPSA) is 66.5 Å². The van der Waals surface area contributed by atoms with E-state index in [9.17, 15) is 13.2 Å². The first kappa shape index (κ1) is 21.5. The third-order valence-corrected chi connectivity index (χ3v) is 7.47. The van der Waals surface area contributed by atoms with Gasteiger partial charge in [0.1, 0.15) is 0 Å². The van der Waals surface area contributed by atoms with E-state index in [1.807, 2.05) is 44.2 Å². The molecule has 0 bridgehead atoms. The molecule has 156 valence electrons. The molecule has 0 unspecified atom stereocenters. The maximum absolute atomic E-state index is 13.1. The van der Waals surface area contributed by atoms with Crippen LogP contribution in [0.3, 0.4) is 0 Å². The predicted octanol–water partition coefficient (Wildman–Crippen LogP) is 4.44. The third kappa shape index (κ3) is 5.06. The molecule has 1 heterocycles. The lowest BCUT2D eigenvalue weighted by Crippen LogP contribution is -2.32. The van der Waals surface area contributed by atoms with E-state index in [-0.39, 0.29) is 16.8 Å². The molecule has 6 heteroatoms. The zero-order valence-corrected chi connectivity index (χ0v) is 18.0. The average molecular weight is 415 g/mol. The molecular weight excluding hydrogens is 384 g/mol. The summed E-state index contributed by atoms with van der Waals surface area (Å²) in [6.07, 6.45) is 4.64. The molecule has 0 spiro atoms. The summed E-state index contributed by atoms with van der Waals surface area (Å²) in [5.41, 5.74) is 2.21. The summed E-state index contributed by atoms with van der Waals surface area (Å²) in [6.45, 7) is 4.94. The first-order chi connectivity index (χ1) is 13.9. The Morgan fingerprint density at radius 2 is 1.69 bits per heavy atom. The second kappa shape index (κ2) is 9.55. The fourth-order valence-corrected chi connectivity index (χ4v) is 5.32. The van der Waals surface area contributed by atoms with Crippen molar-refractivity contribution in [3.63, 3.8) is 0 Å². The van der Waals surface area contributed by atoms with Crippen LogP contribution in [-0.2, 0) is 10.0 Å². The van der Waals surface area contributed by atoms with Gasteiger partial charge < -0.3 is 5.32 Å². The van der Waals surface area contributed by atoms with Crippen LogP contribution in [0.2, 0.25) is 0 Å². The Hall–Kier alpha value is -2.18. The van der Waals surface area contributed by atoms with Crippen LogP contribution in [0.4, 0.5) is 0 Å². The second-order valence-electron chi connectivity index (χ2n) is 7.64. The Balaban J connectivity index is 1.85. The van der Waals surface area contributed by atoms with Crippen molar-refractivity contribution in [2.24, 2.45) is 0 Å². The SMILES string of the molecule is CC[C@@H](NC(=O)c1cc(S(=O)(=O)N2CCCCCC2)ccc1C)c1ccccc1. The molecule has 1 aliphatic rings. The number of carbonyl (C=O) groups is 1. The second-order valence-corrected chi connectivity index (χ2v) is 9.58. The van der Waals surface area contributed by atoms with Crippen LogP contribution < -0.4 is 5.32 Å². The molecule has 3 rings (SSSR count). The largest absolute Gasteiger partial charge is 0.345 e. The number of amides is 1. The summed E-state index contributed by atoms with van der Waals surface area (Å²) in [6, 6.07) is 14.6. The Kier molecular flexibility index (Phi) is 7.09. The number of sulfonamides is 1. The van der Waals surface area contributed by atoms with Crippen LogP contribution >= 0.6 is 0 Å². The van der Waals surface area contributed by atoms with E-state index >= 15 is 0 Å². The van der Waals surface area contributed by atoms with E-state index in [4.69, 9.17) is 0 Å². The van der Waals surface area contributed by atoms with Gasteiger partial charge in [0, 0.05) is 18.7 Å². The van der Waals surface area contributed by atoms with Gasteiger partial charge in [-0.25, -0.2) is 8.42 Å². The van der Waals surface area contributed by atoms with Crippen LogP contribution in [0.15, 0.2) is 53.4 Å². The Morgan fingerprint density at radius 3 is 2.31 bits per heavy atom. The van der Waals surface area contributed by atoms with Crippen molar-refractivity contribution in [3.8, 4) is 0 Å². The van der Waals surface area contributed by atoms with Crippen molar-refractivity contribution in [1.82, 2.24) is 9.62 Å². The molecule has 0 aromatic heterocycles. The van der Waals surface area contributed by atoms with Gasteiger partial charge in [0.2, 0.25) is 10.0 Å². The van der Waals surface area contributed by atoms with Crippen molar-refractivity contribution in [2.45, 2.75) is 56.9 Å². The lowest BCUT2D eigenvalue weighted by molar-refractivity contribution is 0.0934. The van der Waals surface area contributed by atoms with Crippen molar-refractivity contribution in [2.75, 3.05) is 13.1 Å². The molecule has 5 nitrogen and oxygen atoms in total. The van der Waals surface area contributed by atoms with Crippen molar-refractivity contribution < 1.29 is 13.2 Å². The van der Waals surface area contributed by atoms with Crippen LogP contribution in [0, 0.1) is 6.92 Å². The summed E-state index contributed by atoms with van der Waals surface area (Å²) in [5.74, 6) is -0.244. The van der Waals surface area contributed by atoms with Crippen LogP contribution in [0.1, 0.15) is 66.6 Å². The van der Waals surface area contributed by atoms with Gasteiger partial charge in [-0.2, -0.15) is 4.31 Å². The lowest BCUT2D eigenvalue weighted by Gasteiger charge is -2.21. The van der Waals surface area contributed by atoms with Crippen molar-refractivity contribution in [1.29, 1.82) is 0 Å². The Bertz CT molecular complexity index is 934. The molecular formula is C23H30N2O3S. The molecule has 2 aromatic rings. The van der Waals surface area contributed by atoms with Crippen molar-refractivity contribution in [3.05, 3.63) is 65.2 Å². The number of nitrogens with one attached hydrogen (secondary N) is 1. The molecule has 1 amide bonds. The number of nitrogens with zero attached hydrogens (tertiary/aromatic N) is 1. The molecule has 0 saturated carbocycles. The van der Waals surface area contributed by atoms with Gasteiger partial charge in [-0.1, -0.05) is 56.2 Å². The van der Waals surface area contributed by atoms with Gasteiger partial charge in [0.25, 0.3) is 5.91 Å². The summed E-state index contributed by atoms with van der Waals surface area (Å²) in [7, 11) is -3.59. The average Bonchev–Trinajstić information content (AvgIpc) is 3.03. The first-order valence-electron chi connectivity index (χ1n) is 10.4. The molecule has 1 atom stereocenters. The van der Waals surface area contributed by atoms with E-state index < -0.39 is 10.0 Å². The minimum Gasteiger partial charge on any atom is -0.345 e. The van der Waals surface area contributed by atoms with E-state index in [1.54, 1.807) is 16.4 Å². The number of benzene rings is 2. The van der Waals surface area contributed by atoms with Gasteiger partial charge in [0.15, 0.2) is 0 Å². The Labute approximate surface area is 174 Å². The van der Waals surface area contributed by atoms with Gasteiger partial charge in [-0.15, -0.1) is 0 Å². The highest BCUT2D eigenvalue weighted by Crippen LogP contribution is 2.24. The molecule has 2 aromatic carbocycles. The number of hydrogen-bond acceptors (Lipinski definition) is 3. The van der Waals surface area contributed by atoms with Crippen molar-refractivity contribution >= 4 is 15.9 Å². The highest BCUT2D eigenvalue weighted by molar-refractivity contribution is 7.89. The first-order valence-corrected chi connectivity index (χ1v) is 11.8. The molecule has 1 N–H and O–H groups in total. The Morgan fingerprint density at radius 1 is 1.03 bits per heavy atom. The summed E-state index contributed by atoms with van der Waals surface area (Å²) in [5, 5.41) is 3.06. The third-order valence-electron chi connectivity index (χ3n) is 5.57. The summed E-state index contributed by atoms with van der Waals surface area (Å²) >= 11 is 0. The number of aryl methyl sites for hydroxylation is 1. The molecule has 1 saturated heterocycles. The number of hydrogen-bond donors (Lipinski definition) is 1. The standard InChI is InChI=1S/C23H30N2O3S/c1-3-22(19-11-7-6-8-12-19)24-23(26)21-17-20(14-13-18(21)2)29(27,28)25-15-9-4-5-10-16-25/h6-8,11-14,17,22H,3-5,9-10,15-16H2,1-2H3,(H,24,26)/t22-/m1/s1. The number of rotatable bonds is 6. The van der Waals surface area contributed by atoms with Crippen LogP contribution in [0.5, 0.6) is 0 Å². The lowest BCUT2D eigenvalue weighted by atomic mass is 10.0. The maximum Gasteiger partial charge on any atom is 0.252 e. The fraction of sp³-hybridized carbons (Fsp3) is 0.435. The molecule has 1 aliphatic heterocycles. The molecule has 0 radical (unpaired) electrons. The highest BCUT2D eigenvalue weighted by Gasteiger charge is 2.26. The fourth-order valence-electron chi connectivity index (χ4n) is 3.78. The van der Waals surface area contributed by atoms with E-state index in [2.05, 4.69) is 5.32 Å². The molecule has 0 aliphatic carbocycles. The minimum atomic E-state index is -3.59. The zero-order valence-electron chi connectivity index (χ0n) is 17.2. The van der Waals surface area contributed by atoms with Gasteiger partial charge in [0.05, 0.1) is 10.9 Å². The van der Waals surface area contributed by atoms with Crippen LogP contribution in [0.25, 0.3) is 0 Å². The van der Waals surface area contributed by atoms with E-state index in [0.29, 0.717) is 18.7 Å². The molecule has 29 heavy (non-hydrogen) atoms. The smallest absolute Gasteiger partial charge is 0.252 e.